The molecule has 0 bridgehead atoms. The van der Waals surface area contributed by atoms with E-state index >= 15 is 0 Å². The second-order valence-corrected chi connectivity index (χ2v) is 11.6. The van der Waals surface area contributed by atoms with Crippen molar-refractivity contribution >= 4 is 58.0 Å². The van der Waals surface area contributed by atoms with Crippen molar-refractivity contribution < 1.29 is 0 Å². The van der Waals surface area contributed by atoms with Crippen LogP contribution >= 0.6 is 44.3 Å². The molecule has 0 amide bonds. The maximum absolute atomic E-state index is 4.97. The van der Waals surface area contributed by atoms with Crippen molar-refractivity contribution in [1.82, 2.24) is 0 Å². The van der Waals surface area contributed by atoms with Gasteiger partial charge in [-0.25, -0.2) is 0 Å². The van der Waals surface area contributed by atoms with E-state index in [0.717, 1.165) is 0 Å². The first-order valence-corrected chi connectivity index (χ1v) is 6.80. The van der Waals surface area contributed by atoms with Crippen LogP contribution in [-0.4, -0.2) is 13.7 Å². The summed E-state index contributed by atoms with van der Waals surface area (Å²) < 4.78 is 0. The molecule has 0 aromatic heterocycles. The number of halogens is 4. The molecule has 0 unspecified atom stereocenters. The van der Waals surface area contributed by atoms with Gasteiger partial charge in [-0.3, -0.25) is 0 Å². The standard InChI is InChI=1S/B.Cl4Si/c;1-5(2,3)4. The number of rotatable bonds is 0. The minimum Gasteiger partial charge on any atom is -0.110 e. The molecule has 0 rings (SSSR count). The van der Waals surface area contributed by atoms with Gasteiger partial charge in [-0.1, -0.05) is 0 Å². The summed E-state index contributed by atoms with van der Waals surface area (Å²) in [6.45, 7) is 0. The van der Waals surface area contributed by atoms with Gasteiger partial charge >= 0.3 is 5.31 Å². The summed E-state index contributed by atoms with van der Waals surface area (Å²) in [6, 6.07) is 0. The van der Waals surface area contributed by atoms with Gasteiger partial charge in [-0.15, -0.1) is 44.3 Å². The van der Waals surface area contributed by atoms with Crippen molar-refractivity contribution in [2.75, 3.05) is 0 Å². The van der Waals surface area contributed by atoms with Gasteiger partial charge in [0.25, 0.3) is 0 Å². The third kappa shape index (κ3) is 51.6. The van der Waals surface area contributed by atoms with Crippen molar-refractivity contribution in [2.45, 2.75) is 0 Å². The number of hydrogen-bond donors (Lipinski definition) is 0. The van der Waals surface area contributed by atoms with Gasteiger partial charge in [0.2, 0.25) is 0 Å². The predicted octanol–water partition coefficient (Wildman–Crippen LogP) is 2.00. The van der Waals surface area contributed by atoms with Gasteiger partial charge in [-0.2, -0.15) is 0 Å². The van der Waals surface area contributed by atoms with E-state index in [1.54, 1.807) is 0 Å². The topological polar surface area (TPSA) is 0 Å². The molecule has 0 fully saturated rings. The van der Waals surface area contributed by atoms with Crippen LogP contribution in [0.4, 0.5) is 0 Å². The average molecular weight is 181 g/mol. The summed E-state index contributed by atoms with van der Waals surface area (Å²) in [6.07, 6.45) is 0. The highest BCUT2D eigenvalue weighted by molar-refractivity contribution is 7.81. The first-order valence-electron chi connectivity index (χ1n) is 0.756. The Morgan fingerprint density at radius 2 is 0.833 bits per heavy atom. The van der Waals surface area contributed by atoms with E-state index < -0.39 is 5.31 Å². The Morgan fingerprint density at radius 3 is 0.833 bits per heavy atom. The molecular formula is BCl4Si. The van der Waals surface area contributed by atoms with Crippen LogP contribution in [-0.2, 0) is 0 Å². The van der Waals surface area contributed by atoms with E-state index in [9.17, 15) is 0 Å². The van der Waals surface area contributed by atoms with Crippen LogP contribution in [0.5, 0.6) is 0 Å². The molecule has 6 heavy (non-hydrogen) atoms. The van der Waals surface area contributed by atoms with Gasteiger partial charge in [-0.05, 0) is 0 Å². The lowest BCUT2D eigenvalue weighted by Crippen LogP contribution is -1.91. The molecule has 0 aliphatic carbocycles. The maximum Gasteiger partial charge on any atom is 0.440 e. The summed E-state index contributed by atoms with van der Waals surface area (Å²) in [5, 5.41) is -2.72. The molecule has 0 saturated heterocycles. The van der Waals surface area contributed by atoms with E-state index in [2.05, 4.69) is 0 Å². The van der Waals surface area contributed by atoms with E-state index in [0.29, 0.717) is 0 Å². The predicted molar refractivity (Wildman–Crippen MR) is 34.9 cm³/mol. The third-order valence-corrected chi connectivity index (χ3v) is 0. The Bertz CT molecular complexity index is 23.0. The number of hydrogen-bond acceptors (Lipinski definition) is 0. The minimum atomic E-state index is -2.72. The fourth-order valence-corrected chi connectivity index (χ4v) is 0. The van der Waals surface area contributed by atoms with Crippen molar-refractivity contribution in [3.05, 3.63) is 0 Å². The van der Waals surface area contributed by atoms with Crippen LogP contribution in [0.1, 0.15) is 0 Å². The molecule has 0 heterocycles. The highest BCUT2D eigenvalue weighted by Gasteiger charge is 2.19. The van der Waals surface area contributed by atoms with Gasteiger partial charge < -0.3 is 0 Å². The van der Waals surface area contributed by atoms with Gasteiger partial charge in [0, 0.05) is 8.41 Å². The normalized spacial score (nSPS) is 10.0. The summed E-state index contributed by atoms with van der Waals surface area (Å²) in [5.74, 6) is 0. The molecule has 0 nitrogen and oxygen atoms in total. The largest absolute Gasteiger partial charge is 0.440 e. The first-order chi connectivity index (χ1) is 2.00. The molecule has 0 aromatic carbocycles. The fourth-order valence-electron chi connectivity index (χ4n) is 0. The lowest BCUT2D eigenvalue weighted by atomic mass is 10.8. The fraction of sp³-hybridized carbons (Fsp3) is 0. The Morgan fingerprint density at radius 1 is 0.833 bits per heavy atom. The SMILES string of the molecule is Cl[Si](Cl)(Cl)Cl.[B]. The second-order valence-electron chi connectivity index (χ2n) is 0.429. The van der Waals surface area contributed by atoms with Crippen molar-refractivity contribution in [3.8, 4) is 0 Å². The van der Waals surface area contributed by atoms with E-state index in [1.165, 1.54) is 0 Å². The zero-order chi connectivity index (χ0) is 4.50. The summed E-state index contributed by atoms with van der Waals surface area (Å²) in [4.78, 5) is 0. The highest BCUT2D eigenvalue weighted by atomic mass is 36.0. The van der Waals surface area contributed by atoms with Crippen LogP contribution in [0, 0.1) is 0 Å². The Balaban J connectivity index is 0. The second kappa shape index (κ2) is 3.44. The average Bonchev–Trinajstić information content (AvgIpc) is 0.722. The van der Waals surface area contributed by atoms with Crippen LogP contribution in [0.15, 0.2) is 0 Å². The van der Waals surface area contributed by atoms with Crippen LogP contribution < -0.4 is 0 Å². The monoisotopic (exact) mass is 179 g/mol. The van der Waals surface area contributed by atoms with E-state index in [-0.39, 0.29) is 8.41 Å². The van der Waals surface area contributed by atoms with Crippen molar-refractivity contribution in [3.63, 3.8) is 0 Å². The quantitative estimate of drug-likeness (QED) is 0.395. The van der Waals surface area contributed by atoms with Gasteiger partial charge in [0.1, 0.15) is 0 Å². The molecule has 0 N–H and O–H groups in total. The Hall–Kier alpha value is 1.44. The van der Waals surface area contributed by atoms with Crippen LogP contribution in [0.25, 0.3) is 0 Å². The lowest BCUT2D eigenvalue weighted by Gasteiger charge is -1.85. The summed E-state index contributed by atoms with van der Waals surface area (Å²) >= 11 is 19.9. The molecule has 0 spiro atoms. The Kier molecular flexibility index (Phi) is 5.99. The molecule has 0 aromatic rings. The third-order valence-electron chi connectivity index (χ3n) is 0. The van der Waals surface area contributed by atoms with Crippen molar-refractivity contribution in [1.29, 1.82) is 0 Å². The van der Waals surface area contributed by atoms with Crippen LogP contribution in [0.2, 0.25) is 0 Å². The maximum atomic E-state index is 4.97. The Labute approximate surface area is 58.1 Å². The molecule has 6 heteroatoms. The molecule has 0 atom stereocenters. The highest BCUT2D eigenvalue weighted by Crippen LogP contribution is 2.23. The van der Waals surface area contributed by atoms with Crippen LogP contribution in [0.3, 0.4) is 0 Å². The molecule has 3 radical (unpaired) electrons. The zero-order valence-electron chi connectivity index (χ0n) is 2.59. The first kappa shape index (κ1) is 10.4. The molecular weight excluding hydrogens is 181 g/mol. The molecule has 35 valence electrons. The molecule has 0 saturated carbocycles. The van der Waals surface area contributed by atoms with Crippen molar-refractivity contribution in [2.24, 2.45) is 0 Å². The summed E-state index contributed by atoms with van der Waals surface area (Å²) in [5.41, 5.74) is 0. The smallest absolute Gasteiger partial charge is 0.110 e. The molecule has 0 aliphatic rings. The summed E-state index contributed by atoms with van der Waals surface area (Å²) in [7, 11) is 0. The zero-order valence-corrected chi connectivity index (χ0v) is 6.61. The lowest BCUT2D eigenvalue weighted by molar-refractivity contribution is 3.80. The van der Waals surface area contributed by atoms with E-state index in [4.69, 9.17) is 44.3 Å². The van der Waals surface area contributed by atoms with Gasteiger partial charge in [0.15, 0.2) is 0 Å². The van der Waals surface area contributed by atoms with E-state index in [1.807, 2.05) is 0 Å². The van der Waals surface area contributed by atoms with Gasteiger partial charge in [0.05, 0.1) is 0 Å². The minimum absolute atomic E-state index is 0. The molecule has 0 aliphatic heterocycles.